The molecule has 0 atom stereocenters. The van der Waals surface area contributed by atoms with Gasteiger partial charge in [0.25, 0.3) is 0 Å². The van der Waals surface area contributed by atoms with Gasteiger partial charge in [-0.3, -0.25) is 0 Å². The van der Waals surface area contributed by atoms with Crippen molar-refractivity contribution in [1.82, 2.24) is 19.5 Å². The van der Waals surface area contributed by atoms with E-state index >= 15 is 0 Å². The van der Waals surface area contributed by atoms with Crippen LogP contribution in [-0.4, -0.2) is 19.5 Å². The number of hydrogen-bond donors (Lipinski definition) is 0. The topological polar surface area (TPSA) is 67.4 Å². The van der Waals surface area contributed by atoms with Crippen LogP contribution in [0.25, 0.3) is 83.9 Å². The summed E-state index contributed by atoms with van der Waals surface area (Å²) in [4.78, 5) is 14.6. The highest BCUT2D eigenvalue weighted by Crippen LogP contribution is 2.45. The van der Waals surface area contributed by atoms with E-state index in [1.54, 1.807) is 30.3 Å². The van der Waals surface area contributed by atoms with Crippen LogP contribution in [0.1, 0.15) is 16.7 Å². The van der Waals surface area contributed by atoms with Gasteiger partial charge in [-0.25, -0.2) is 15.0 Å². The van der Waals surface area contributed by atoms with Gasteiger partial charge < -0.3 is 4.57 Å². The Morgan fingerprint density at radius 3 is 1.34 bits per heavy atom. The van der Waals surface area contributed by atoms with E-state index in [4.69, 9.17) is 15.0 Å². The van der Waals surface area contributed by atoms with E-state index in [0.29, 0.717) is 72.9 Å². The van der Waals surface area contributed by atoms with Crippen LogP contribution in [0.3, 0.4) is 0 Å². The minimum absolute atomic E-state index is 0.228. The van der Waals surface area contributed by atoms with Gasteiger partial charge in [-0.05, 0) is 71.8 Å². The van der Waals surface area contributed by atoms with Crippen molar-refractivity contribution in [2.24, 2.45) is 0 Å². The molecule has 59 heavy (non-hydrogen) atoms. The molecule has 0 aliphatic carbocycles. The Morgan fingerprint density at radius 1 is 0.424 bits per heavy atom. The van der Waals surface area contributed by atoms with Crippen molar-refractivity contribution in [3.63, 3.8) is 0 Å². The maximum Gasteiger partial charge on any atom is 0.416 e. The second-order valence-corrected chi connectivity index (χ2v) is 13.8. The third kappa shape index (κ3) is 6.95. The molecule has 11 heteroatoms. The summed E-state index contributed by atoms with van der Waals surface area (Å²) in [5.74, 6) is 0.953. The molecule has 9 aromatic rings. The molecule has 0 N–H and O–H groups in total. The first-order chi connectivity index (χ1) is 28.5. The zero-order chi connectivity index (χ0) is 40.9. The summed E-state index contributed by atoms with van der Waals surface area (Å²) in [6, 6.07) is 46.6. The fraction of sp³-hybridized carbons (Fsp3) is 0.0417. The first-order valence-electron chi connectivity index (χ1n) is 18.3. The summed E-state index contributed by atoms with van der Waals surface area (Å²) in [6.45, 7) is 0. The molecule has 0 fully saturated rings. The van der Waals surface area contributed by atoms with Gasteiger partial charge in [0.15, 0.2) is 17.5 Å². The summed E-state index contributed by atoms with van der Waals surface area (Å²) in [7, 11) is 0. The molecule has 2 aromatic heterocycles. The van der Waals surface area contributed by atoms with Crippen LogP contribution in [0.2, 0.25) is 0 Å². The highest BCUT2D eigenvalue weighted by atomic mass is 19.4. The van der Waals surface area contributed by atoms with Crippen LogP contribution in [-0.2, 0) is 12.4 Å². The summed E-state index contributed by atoms with van der Waals surface area (Å²) in [6.07, 6.45) is -9.21. The first-order valence-corrected chi connectivity index (χ1v) is 18.3. The third-order valence-electron chi connectivity index (χ3n) is 10.1. The summed E-state index contributed by atoms with van der Waals surface area (Å²) in [5.41, 5.74) is 4.08. The molecule has 0 aliphatic heterocycles. The molecule has 0 unspecified atom stereocenters. The molecule has 5 nitrogen and oxygen atoms in total. The molecule has 0 amide bonds. The third-order valence-corrected chi connectivity index (χ3v) is 10.1. The molecule has 0 bridgehead atoms. The minimum Gasteiger partial charge on any atom is -0.308 e. The Balaban J connectivity index is 1.42. The van der Waals surface area contributed by atoms with Crippen LogP contribution < -0.4 is 0 Å². The lowest BCUT2D eigenvalue weighted by molar-refractivity contribution is -0.138. The van der Waals surface area contributed by atoms with Crippen LogP contribution in [0.4, 0.5) is 26.3 Å². The summed E-state index contributed by atoms with van der Waals surface area (Å²) < 4.78 is 85.6. The number of nitriles is 1. The van der Waals surface area contributed by atoms with Crippen LogP contribution >= 0.6 is 0 Å². The quantitative estimate of drug-likeness (QED) is 0.157. The molecule has 0 radical (unpaired) electrons. The fourth-order valence-electron chi connectivity index (χ4n) is 7.34. The average Bonchev–Trinajstić information content (AvgIpc) is 3.59. The lowest BCUT2D eigenvalue weighted by Crippen LogP contribution is -2.06. The van der Waals surface area contributed by atoms with Gasteiger partial charge in [-0.1, -0.05) is 103 Å². The highest BCUT2D eigenvalue weighted by molar-refractivity contribution is 6.11. The van der Waals surface area contributed by atoms with Crippen LogP contribution in [0.5, 0.6) is 0 Å². The van der Waals surface area contributed by atoms with E-state index in [1.165, 1.54) is 24.3 Å². The van der Waals surface area contributed by atoms with E-state index in [9.17, 15) is 31.6 Å². The van der Waals surface area contributed by atoms with Crippen molar-refractivity contribution < 1.29 is 26.3 Å². The minimum atomic E-state index is -4.60. The maximum atomic E-state index is 13.9. The average molecular weight is 788 g/mol. The standard InChI is InChI=1S/C48H27F6N5/c49-47(50,51)35-20-16-30(17-21-35)38-26-34(46-57-44(32-9-3-1-4-10-32)56-45(58-46)33-11-5-2-6-12-33)27-39(31-18-22-36(23-19-31)48(52,53)54)43(38)59-41-14-8-7-13-37(41)40-25-29(28-55)15-24-42(40)59/h1-27H. The number of benzene rings is 7. The fourth-order valence-corrected chi connectivity index (χ4v) is 7.34. The van der Waals surface area contributed by atoms with Gasteiger partial charge in [-0.15, -0.1) is 0 Å². The van der Waals surface area contributed by atoms with E-state index in [1.807, 2.05) is 89.5 Å². The molecule has 0 saturated heterocycles. The molecule has 2 heterocycles. The lowest BCUT2D eigenvalue weighted by Gasteiger charge is -2.21. The van der Waals surface area contributed by atoms with Gasteiger partial charge in [0, 0.05) is 38.6 Å². The van der Waals surface area contributed by atoms with Crippen molar-refractivity contribution in [2.75, 3.05) is 0 Å². The Morgan fingerprint density at radius 2 is 0.864 bits per heavy atom. The van der Waals surface area contributed by atoms with Gasteiger partial charge in [0.05, 0.1) is 39.5 Å². The maximum absolute atomic E-state index is 13.9. The molecule has 0 spiro atoms. The molecular weight excluding hydrogens is 761 g/mol. The number of hydrogen-bond acceptors (Lipinski definition) is 4. The number of nitrogens with zero attached hydrogens (tertiary/aromatic N) is 5. The van der Waals surface area contributed by atoms with Gasteiger partial charge in [-0.2, -0.15) is 31.6 Å². The molecule has 0 aliphatic rings. The van der Waals surface area contributed by atoms with Crippen molar-refractivity contribution >= 4 is 21.8 Å². The first kappa shape index (κ1) is 37.0. The predicted molar refractivity (Wildman–Crippen MR) is 216 cm³/mol. The smallest absolute Gasteiger partial charge is 0.308 e. The number of fused-ring (bicyclic) bond motifs is 3. The monoisotopic (exact) mass is 787 g/mol. The zero-order valence-corrected chi connectivity index (χ0v) is 30.6. The van der Waals surface area contributed by atoms with Gasteiger partial charge in [0.1, 0.15) is 0 Å². The van der Waals surface area contributed by atoms with E-state index in [2.05, 4.69) is 6.07 Å². The van der Waals surface area contributed by atoms with Crippen molar-refractivity contribution in [1.29, 1.82) is 5.26 Å². The molecule has 286 valence electrons. The van der Waals surface area contributed by atoms with Crippen molar-refractivity contribution in [3.8, 4) is 68.2 Å². The second-order valence-electron chi connectivity index (χ2n) is 13.8. The summed E-state index contributed by atoms with van der Waals surface area (Å²) in [5, 5.41) is 11.4. The predicted octanol–water partition coefficient (Wildman–Crippen LogP) is 13.2. The van der Waals surface area contributed by atoms with Gasteiger partial charge >= 0.3 is 12.4 Å². The van der Waals surface area contributed by atoms with E-state index in [-0.39, 0.29) is 5.82 Å². The van der Waals surface area contributed by atoms with Crippen molar-refractivity contribution in [2.45, 2.75) is 12.4 Å². The number of aromatic nitrogens is 4. The SMILES string of the molecule is N#Cc1ccc2c(c1)c1ccccc1n2-c1c(-c2ccc(C(F)(F)F)cc2)cc(-c2nc(-c3ccccc3)nc(-c3ccccc3)n2)cc1-c1ccc(C(F)(F)F)cc1. The number of halogens is 6. The second kappa shape index (κ2) is 14.4. The summed E-state index contributed by atoms with van der Waals surface area (Å²) >= 11 is 0. The Kier molecular flexibility index (Phi) is 9.05. The lowest BCUT2D eigenvalue weighted by atomic mass is 9.91. The molecule has 9 rings (SSSR count). The molecule has 7 aromatic carbocycles. The number of para-hydroxylation sites is 1. The number of rotatable bonds is 6. The van der Waals surface area contributed by atoms with E-state index < -0.39 is 23.5 Å². The highest BCUT2D eigenvalue weighted by Gasteiger charge is 2.32. The molecular formula is C48H27F6N5. The number of alkyl halides is 6. The van der Waals surface area contributed by atoms with Gasteiger partial charge in [0.2, 0.25) is 0 Å². The largest absolute Gasteiger partial charge is 0.416 e. The Bertz CT molecular complexity index is 2920. The van der Waals surface area contributed by atoms with Crippen LogP contribution in [0.15, 0.2) is 164 Å². The van der Waals surface area contributed by atoms with Crippen molar-refractivity contribution in [3.05, 3.63) is 180 Å². The normalized spacial score (nSPS) is 11.9. The van der Waals surface area contributed by atoms with E-state index in [0.717, 1.165) is 35.0 Å². The zero-order valence-electron chi connectivity index (χ0n) is 30.6. The molecule has 0 saturated carbocycles. The Hall–Kier alpha value is -7.58. The van der Waals surface area contributed by atoms with Crippen LogP contribution in [0, 0.1) is 11.3 Å². The Labute approximate surface area is 333 Å².